The van der Waals surface area contributed by atoms with Gasteiger partial charge in [0.2, 0.25) is 0 Å². The van der Waals surface area contributed by atoms with Crippen molar-refractivity contribution in [3.05, 3.63) is 4.91 Å². The fourth-order valence-corrected chi connectivity index (χ4v) is 0.311. The molecule has 52 valence electrons. The van der Waals surface area contributed by atoms with Crippen LogP contribution < -0.4 is 5.32 Å². The molecule has 0 atom stereocenters. The monoisotopic (exact) mass is 132 g/mol. The van der Waals surface area contributed by atoms with E-state index < -0.39 is 10.6 Å². The number of urea groups is 1. The zero-order valence-corrected chi connectivity index (χ0v) is 5.71. The molecule has 0 aliphatic heterocycles. The molecule has 0 saturated heterocycles. The van der Waals surface area contributed by atoms with Crippen molar-refractivity contribution in [3.63, 3.8) is 0 Å². The van der Waals surface area contributed by atoms with Crippen LogP contribution in [0.15, 0.2) is 5.29 Å². The van der Waals surface area contributed by atoms with Gasteiger partial charge in [0.1, 0.15) is 14.1 Å². The van der Waals surface area contributed by atoms with Crippen LogP contribution in [0.1, 0.15) is 0 Å². The molecule has 0 aromatic heterocycles. The van der Waals surface area contributed by atoms with E-state index in [-0.39, 0.29) is 0 Å². The van der Waals surface area contributed by atoms with Crippen LogP contribution >= 0.6 is 0 Å². The molecule has 0 aromatic carbocycles. The number of nitrogens with one attached hydrogen (secondary N) is 1. The molecular formula is C4H10N3O2+. The Bertz CT molecular complexity index is 132. The van der Waals surface area contributed by atoms with Crippen molar-refractivity contribution in [1.29, 1.82) is 0 Å². The molecular weight excluding hydrogens is 122 g/mol. The first kappa shape index (κ1) is 8.03. The van der Waals surface area contributed by atoms with E-state index in [1.165, 1.54) is 21.1 Å². The number of amides is 2. The minimum absolute atomic E-state index is 0.426. The number of hydrogen-bond acceptors (Lipinski definition) is 3. The van der Waals surface area contributed by atoms with Crippen LogP contribution in [0.2, 0.25) is 0 Å². The lowest BCUT2D eigenvalue weighted by Crippen LogP contribution is -2.45. The number of rotatable bonds is 1. The van der Waals surface area contributed by atoms with Gasteiger partial charge >= 0.3 is 6.03 Å². The van der Waals surface area contributed by atoms with Gasteiger partial charge in [-0.25, -0.2) is 4.79 Å². The number of carbonyl (C=O) groups excluding carboxylic acids is 1. The molecule has 2 amide bonds. The predicted octanol–water partition coefficient (Wildman–Crippen LogP) is 0.0836. The Hall–Kier alpha value is -0.970. The van der Waals surface area contributed by atoms with E-state index in [4.69, 9.17) is 0 Å². The number of quaternary nitrogens is 1. The summed E-state index contributed by atoms with van der Waals surface area (Å²) in [7, 11) is 4.24. The van der Waals surface area contributed by atoms with E-state index in [1.54, 1.807) is 0 Å². The van der Waals surface area contributed by atoms with Crippen molar-refractivity contribution >= 4 is 6.03 Å². The van der Waals surface area contributed by atoms with Gasteiger partial charge in [0.05, 0.1) is 0 Å². The van der Waals surface area contributed by atoms with Crippen LogP contribution in [0.4, 0.5) is 4.79 Å². The zero-order valence-electron chi connectivity index (χ0n) is 5.71. The quantitative estimate of drug-likeness (QED) is 0.312. The molecule has 0 aliphatic carbocycles. The molecule has 0 spiro atoms. The molecule has 0 radical (unpaired) electrons. The van der Waals surface area contributed by atoms with Crippen molar-refractivity contribution < 1.29 is 9.39 Å². The fraction of sp³-hybridized carbons (Fsp3) is 0.750. The molecule has 0 aromatic rings. The second-order valence-corrected chi connectivity index (χ2v) is 2.03. The lowest BCUT2D eigenvalue weighted by atomic mass is 10.8. The summed E-state index contributed by atoms with van der Waals surface area (Å²) in [5.74, 6) is 0. The van der Waals surface area contributed by atoms with Gasteiger partial charge in [0, 0.05) is 7.05 Å². The SMILES string of the molecule is CNC(=O)[N+](C)(C)N=O. The summed E-state index contributed by atoms with van der Waals surface area (Å²) in [5, 5.41) is 4.86. The summed E-state index contributed by atoms with van der Waals surface area (Å²) in [6.07, 6.45) is 0. The standard InChI is InChI=1S/C4H9N3O2/c1-5-4(8)7(2,3)6-9/h1-3H3/p+1. The van der Waals surface area contributed by atoms with E-state index in [9.17, 15) is 9.70 Å². The Kier molecular flexibility index (Phi) is 2.27. The predicted molar refractivity (Wildman–Crippen MR) is 32.4 cm³/mol. The summed E-state index contributed by atoms with van der Waals surface area (Å²) in [5.41, 5.74) is 0. The summed E-state index contributed by atoms with van der Waals surface area (Å²) in [6, 6.07) is -0.426. The van der Waals surface area contributed by atoms with E-state index in [0.717, 1.165) is 0 Å². The molecule has 0 rings (SSSR count). The maximum absolute atomic E-state index is 10.6. The third-order valence-corrected chi connectivity index (χ3v) is 0.915. The minimum Gasteiger partial charge on any atom is -0.306 e. The van der Waals surface area contributed by atoms with Gasteiger partial charge in [-0.05, 0) is 0 Å². The Morgan fingerprint density at radius 2 is 2.00 bits per heavy atom. The molecule has 5 nitrogen and oxygen atoms in total. The molecule has 9 heavy (non-hydrogen) atoms. The molecule has 0 heterocycles. The highest BCUT2D eigenvalue weighted by Gasteiger charge is 2.26. The highest BCUT2D eigenvalue weighted by atomic mass is 16.3. The third kappa shape index (κ3) is 1.77. The van der Waals surface area contributed by atoms with Gasteiger partial charge in [-0.15, -0.1) is 0 Å². The first-order chi connectivity index (χ1) is 4.04. The van der Waals surface area contributed by atoms with Crippen LogP contribution in [-0.2, 0) is 0 Å². The van der Waals surface area contributed by atoms with Crippen molar-refractivity contribution in [3.8, 4) is 0 Å². The third-order valence-electron chi connectivity index (χ3n) is 0.915. The van der Waals surface area contributed by atoms with Crippen LogP contribution in [0.25, 0.3) is 0 Å². The largest absolute Gasteiger partial charge is 0.445 e. The molecule has 0 fully saturated rings. The van der Waals surface area contributed by atoms with Gasteiger partial charge in [-0.3, -0.25) is 0 Å². The average molecular weight is 132 g/mol. The summed E-state index contributed by atoms with van der Waals surface area (Å²) in [6.45, 7) is 0. The highest BCUT2D eigenvalue weighted by molar-refractivity contribution is 5.65. The Morgan fingerprint density at radius 3 is 2.11 bits per heavy atom. The second kappa shape index (κ2) is 2.54. The topological polar surface area (TPSA) is 58.5 Å². The van der Waals surface area contributed by atoms with Crippen molar-refractivity contribution in [2.24, 2.45) is 5.29 Å². The van der Waals surface area contributed by atoms with Gasteiger partial charge in [-0.1, -0.05) is 9.50 Å². The van der Waals surface area contributed by atoms with Gasteiger partial charge in [-0.2, -0.15) is 0 Å². The fourth-order valence-electron chi connectivity index (χ4n) is 0.311. The van der Waals surface area contributed by atoms with Gasteiger partial charge < -0.3 is 5.32 Å². The molecule has 1 N–H and O–H groups in total. The first-order valence-electron chi connectivity index (χ1n) is 2.45. The molecule has 5 heteroatoms. The number of nitrogens with zero attached hydrogens (tertiary/aromatic N) is 2. The van der Waals surface area contributed by atoms with Crippen molar-refractivity contribution in [2.75, 3.05) is 21.1 Å². The molecule has 0 saturated carbocycles. The summed E-state index contributed by atoms with van der Waals surface area (Å²) < 4.78 is -0.531. The van der Waals surface area contributed by atoms with Crippen molar-refractivity contribution in [1.82, 2.24) is 5.32 Å². The smallest absolute Gasteiger partial charge is 0.306 e. The Morgan fingerprint density at radius 1 is 1.56 bits per heavy atom. The second-order valence-electron chi connectivity index (χ2n) is 2.03. The lowest BCUT2D eigenvalue weighted by molar-refractivity contribution is -0.817. The summed E-state index contributed by atoms with van der Waals surface area (Å²) >= 11 is 0. The first-order valence-corrected chi connectivity index (χ1v) is 2.45. The van der Waals surface area contributed by atoms with E-state index >= 15 is 0 Å². The summed E-state index contributed by atoms with van der Waals surface area (Å²) in [4.78, 5) is 20.5. The average Bonchev–Trinajstić information content (AvgIpc) is 1.86. The van der Waals surface area contributed by atoms with Crippen LogP contribution in [0.5, 0.6) is 0 Å². The van der Waals surface area contributed by atoms with Crippen LogP contribution in [0.3, 0.4) is 0 Å². The van der Waals surface area contributed by atoms with E-state index in [1.807, 2.05) is 0 Å². The number of carbonyl (C=O) groups is 1. The van der Waals surface area contributed by atoms with Crippen LogP contribution in [-0.4, -0.2) is 31.8 Å². The molecule has 0 aliphatic rings. The van der Waals surface area contributed by atoms with Gasteiger partial charge in [0.25, 0.3) is 0 Å². The normalized spacial score (nSPS) is 10.6. The van der Waals surface area contributed by atoms with Crippen molar-refractivity contribution in [2.45, 2.75) is 0 Å². The maximum Gasteiger partial charge on any atom is 0.445 e. The van der Waals surface area contributed by atoms with Gasteiger partial charge in [0.15, 0.2) is 5.29 Å². The highest BCUT2D eigenvalue weighted by Crippen LogP contribution is 1.95. The van der Waals surface area contributed by atoms with E-state index in [2.05, 4.69) is 10.6 Å². The number of nitroso groups, excluding NO2 is 1. The Labute approximate surface area is 53.2 Å². The maximum atomic E-state index is 10.6. The van der Waals surface area contributed by atoms with Crippen LogP contribution in [0, 0.1) is 4.91 Å². The van der Waals surface area contributed by atoms with E-state index in [0.29, 0.717) is 0 Å². The number of hydrogen-bond donors (Lipinski definition) is 1. The lowest BCUT2D eigenvalue weighted by Gasteiger charge is -2.12. The molecule has 0 bridgehead atoms. The Balaban J connectivity index is 4.14. The minimum atomic E-state index is -0.531. The molecule has 0 unspecified atom stereocenters. The zero-order chi connectivity index (χ0) is 7.49.